The number of ether oxygens (including phenoxy) is 1. The van der Waals surface area contributed by atoms with Crippen molar-refractivity contribution in [1.29, 1.82) is 0 Å². The van der Waals surface area contributed by atoms with Crippen molar-refractivity contribution in [3.63, 3.8) is 0 Å². The van der Waals surface area contributed by atoms with Gasteiger partial charge in [0.2, 0.25) is 0 Å². The summed E-state index contributed by atoms with van der Waals surface area (Å²) in [6.45, 7) is 2.50. The van der Waals surface area contributed by atoms with Gasteiger partial charge >= 0.3 is 0 Å². The van der Waals surface area contributed by atoms with Crippen LogP contribution in [0.5, 0.6) is 5.75 Å². The van der Waals surface area contributed by atoms with Crippen molar-refractivity contribution in [2.24, 2.45) is 5.73 Å². The summed E-state index contributed by atoms with van der Waals surface area (Å²) in [6, 6.07) is 3.74. The molecule has 0 spiro atoms. The number of benzene rings is 1. The molecular weight excluding hydrogens is 174 g/mol. The van der Waals surface area contributed by atoms with Gasteiger partial charge in [0, 0.05) is 6.54 Å². The fourth-order valence-corrected chi connectivity index (χ4v) is 1.34. The maximum absolute atomic E-state index is 5.90. The van der Waals surface area contributed by atoms with E-state index < -0.39 is 0 Å². The van der Waals surface area contributed by atoms with Crippen LogP contribution < -0.4 is 10.5 Å². The summed E-state index contributed by atoms with van der Waals surface area (Å²) in [6.07, 6.45) is 0. The third-order valence-electron chi connectivity index (χ3n) is 1.83. The zero-order valence-corrected chi connectivity index (χ0v) is 7.98. The Morgan fingerprint density at radius 3 is 2.67 bits per heavy atom. The van der Waals surface area contributed by atoms with Gasteiger partial charge in [0.1, 0.15) is 5.75 Å². The molecule has 3 heteroatoms. The van der Waals surface area contributed by atoms with E-state index in [-0.39, 0.29) is 0 Å². The molecule has 1 aromatic carbocycles. The highest BCUT2D eigenvalue weighted by atomic mass is 35.5. The van der Waals surface area contributed by atoms with E-state index in [1.807, 2.05) is 19.1 Å². The van der Waals surface area contributed by atoms with Gasteiger partial charge in [-0.25, -0.2) is 0 Å². The summed E-state index contributed by atoms with van der Waals surface area (Å²) in [5.41, 5.74) is 7.68. The molecule has 0 radical (unpaired) electrons. The Morgan fingerprint density at radius 2 is 2.17 bits per heavy atom. The molecule has 0 atom stereocenters. The van der Waals surface area contributed by atoms with Crippen molar-refractivity contribution >= 4 is 11.6 Å². The summed E-state index contributed by atoms with van der Waals surface area (Å²) >= 11 is 5.90. The molecular formula is C9H12ClNO. The molecule has 12 heavy (non-hydrogen) atoms. The lowest BCUT2D eigenvalue weighted by atomic mass is 10.1. The molecule has 1 aromatic rings. The van der Waals surface area contributed by atoms with Gasteiger partial charge in [0.25, 0.3) is 0 Å². The quantitative estimate of drug-likeness (QED) is 0.766. The van der Waals surface area contributed by atoms with Crippen LogP contribution >= 0.6 is 11.6 Å². The van der Waals surface area contributed by atoms with Crippen LogP contribution in [0.15, 0.2) is 12.1 Å². The van der Waals surface area contributed by atoms with Gasteiger partial charge in [-0.05, 0) is 30.2 Å². The molecule has 0 unspecified atom stereocenters. The Bertz CT molecular complexity index is 256. The zero-order valence-electron chi connectivity index (χ0n) is 7.23. The highest BCUT2D eigenvalue weighted by Crippen LogP contribution is 2.27. The van der Waals surface area contributed by atoms with Gasteiger partial charge < -0.3 is 10.5 Å². The average Bonchev–Trinajstić information content (AvgIpc) is 2.08. The van der Waals surface area contributed by atoms with Crippen molar-refractivity contribution in [3.8, 4) is 5.75 Å². The van der Waals surface area contributed by atoms with Crippen LogP contribution in [0.2, 0.25) is 5.02 Å². The maximum atomic E-state index is 5.90. The minimum atomic E-state index is 0.509. The summed E-state index contributed by atoms with van der Waals surface area (Å²) < 4.78 is 5.05. The standard InChI is InChI=1S/C9H12ClNO/c1-6-3-9(12-2)8(10)4-7(6)5-11/h3-4H,5,11H2,1-2H3. The first-order valence-corrected chi connectivity index (χ1v) is 4.10. The molecule has 0 aromatic heterocycles. The SMILES string of the molecule is COc1cc(C)c(CN)cc1Cl. The van der Waals surface area contributed by atoms with Crippen molar-refractivity contribution in [2.75, 3.05) is 7.11 Å². The fraction of sp³-hybridized carbons (Fsp3) is 0.333. The zero-order chi connectivity index (χ0) is 9.14. The number of hydrogen-bond acceptors (Lipinski definition) is 2. The number of nitrogens with two attached hydrogens (primary N) is 1. The largest absolute Gasteiger partial charge is 0.495 e. The Morgan fingerprint density at radius 1 is 1.50 bits per heavy atom. The van der Waals surface area contributed by atoms with Crippen LogP contribution in [0.25, 0.3) is 0 Å². The van der Waals surface area contributed by atoms with E-state index in [9.17, 15) is 0 Å². The molecule has 1 rings (SSSR count). The van der Waals surface area contributed by atoms with Crippen LogP contribution in [0, 0.1) is 6.92 Å². The molecule has 0 aliphatic rings. The highest BCUT2D eigenvalue weighted by Gasteiger charge is 2.04. The number of methoxy groups -OCH3 is 1. The smallest absolute Gasteiger partial charge is 0.137 e. The monoisotopic (exact) mass is 185 g/mol. The highest BCUT2D eigenvalue weighted by molar-refractivity contribution is 6.32. The molecule has 66 valence electrons. The van der Waals surface area contributed by atoms with E-state index in [1.54, 1.807) is 7.11 Å². The average molecular weight is 186 g/mol. The topological polar surface area (TPSA) is 35.2 Å². The summed E-state index contributed by atoms with van der Waals surface area (Å²) in [4.78, 5) is 0. The first-order chi connectivity index (χ1) is 5.69. The fourth-order valence-electron chi connectivity index (χ4n) is 1.07. The molecule has 0 saturated heterocycles. The normalized spacial score (nSPS) is 10.0. The van der Waals surface area contributed by atoms with E-state index in [0.29, 0.717) is 17.3 Å². The lowest BCUT2D eigenvalue weighted by Gasteiger charge is -2.07. The molecule has 2 N–H and O–H groups in total. The summed E-state index contributed by atoms with van der Waals surface area (Å²) in [7, 11) is 1.60. The van der Waals surface area contributed by atoms with Gasteiger partial charge in [-0.1, -0.05) is 11.6 Å². The minimum Gasteiger partial charge on any atom is -0.495 e. The molecule has 2 nitrogen and oxygen atoms in total. The third kappa shape index (κ3) is 1.71. The first-order valence-electron chi connectivity index (χ1n) is 3.72. The maximum Gasteiger partial charge on any atom is 0.137 e. The van der Waals surface area contributed by atoms with Crippen molar-refractivity contribution in [1.82, 2.24) is 0 Å². The first kappa shape index (κ1) is 9.36. The molecule has 0 bridgehead atoms. The van der Waals surface area contributed by atoms with Gasteiger partial charge in [0.05, 0.1) is 12.1 Å². The van der Waals surface area contributed by atoms with Crippen LogP contribution in [-0.4, -0.2) is 7.11 Å². The molecule has 0 fully saturated rings. The van der Waals surface area contributed by atoms with Crippen molar-refractivity contribution < 1.29 is 4.74 Å². The van der Waals surface area contributed by atoms with E-state index in [0.717, 1.165) is 11.1 Å². The second kappa shape index (κ2) is 3.78. The van der Waals surface area contributed by atoms with E-state index in [2.05, 4.69) is 0 Å². The third-order valence-corrected chi connectivity index (χ3v) is 2.13. The van der Waals surface area contributed by atoms with Crippen LogP contribution in [0.3, 0.4) is 0 Å². The van der Waals surface area contributed by atoms with E-state index in [1.165, 1.54) is 0 Å². The van der Waals surface area contributed by atoms with E-state index >= 15 is 0 Å². The Hall–Kier alpha value is -0.730. The Kier molecular flexibility index (Phi) is 2.95. The lowest BCUT2D eigenvalue weighted by Crippen LogP contribution is -1.99. The molecule has 0 heterocycles. The Labute approximate surface area is 77.3 Å². The predicted molar refractivity (Wildman–Crippen MR) is 50.6 cm³/mol. The Balaban J connectivity index is 3.16. The predicted octanol–water partition coefficient (Wildman–Crippen LogP) is 2.12. The molecule has 0 aliphatic carbocycles. The molecule has 0 saturated carbocycles. The number of rotatable bonds is 2. The lowest BCUT2D eigenvalue weighted by molar-refractivity contribution is 0.414. The van der Waals surface area contributed by atoms with Gasteiger partial charge in [-0.2, -0.15) is 0 Å². The molecule has 0 amide bonds. The minimum absolute atomic E-state index is 0.509. The second-order valence-corrected chi connectivity index (χ2v) is 3.02. The summed E-state index contributed by atoms with van der Waals surface area (Å²) in [5.74, 6) is 0.700. The number of halogens is 1. The summed E-state index contributed by atoms with van der Waals surface area (Å²) in [5, 5.41) is 0.614. The van der Waals surface area contributed by atoms with Crippen molar-refractivity contribution in [3.05, 3.63) is 28.3 Å². The van der Waals surface area contributed by atoms with Crippen LogP contribution in [-0.2, 0) is 6.54 Å². The second-order valence-electron chi connectivity index (χ2n) is 2.62. The number of aryl methyl sites for hydroxylation is 1. The van der Waals surface area contributed by atoms with Crippen LogP contribution in [0.1, 0.15) is 11.1 Å². The van der Waals surface area contributed by atoms with Crippen molar-refractivity contribution in [2.45, 2.75) is 13.5 Å². The van der Waals surface area contributed by atoms with Gasteiger partial charge in [-0.15, -0.1) is 0 Å². The number of hydrogen-bond donors (Lipinski definition) is 1. The van der Waals surface area contributed by atoms with Crippen LogP contribution in [0.4, 0.5) is 0 Å². The molecule has 0 aliphatic heterocycles. The van der Waals surface area contributed by atoms with Gasteiger partial charge in [0.15, 0.2) is 0 Å². The van der Waals surface area contributed by atoms with Gasteiger partial charge in [-0.3, -0.25) is 0 Å². The van der Waals surface area contributed by atoms with E-state index in [4.69, 9.17) is 22.1 Å².